The number of piperazine rings is 1. The van der Waals surface area contributed by atoms with Crippen LogP contribution in [0.3, 0.4) is 0 Å². The number of hydrogen-bond donors (Lipinski definition) is 3. The quantitative estimate of drug-likeness (QED) is 0.137. The van der Waals surface area contributed by atoms with E-state index in [1.54, 1.807) is 24.0 Å². The predicted octanol–water partition coefficient (Wildman–Crippen LogP) is 6.48. The monoisotopic (exact) mass is 854 g/mol. The third kappa shape index (κ3) is 8.96. The Kier molecular flexibility index (Phi) is 11.4. The fraction of sp³-hybridized carbons (Fsp3) is 0.391. The standard InChI is InChI=1S/C46H51FN12O4/c1-28(51-42(61)43-54-44(55-63-43)46(2,3)4)34-11-5-30(23-36(34)47)40-35-24-37(52-41(35)50-27-49-40)31-6-12-38(48-25-31)58-21-19-56(20-22-58)26-29-13-16-57(17-14-29)32-7-9-33(10-8-32)59-18-15-39(60)53-45(59)62/h5-12,23-25,27-29H,13-22,26H2,1-4H3,(H,51,61)(H,49,50,52)(H,53,60,62). The fourth-order valence-corrected chi connectivity index (χ4v) is 8.59. The number of urea groups is 1. The van der Waals surface area contributed by atoms with E-state index in [0.717, 1.165) is 92.5 Å². The first-order valence-electron chi connectivity index (χ1n) is 21.5. The molecule has 4 amide bonds. The number of carbonyl (C=O) groups excluding carboxylic acids is 3. The number of benzene rings is 2. The van der Waals surface area contributed by atoms with Crippen LogP contribution in [-0.2, 0) is 10.2 Å². The molecule has 7 heterocycles. The summed E-state index contributed by atoms with van der Waals surface area (Å²) in [7, 11) is 0. The number of aromatic amines is 1. The van der Waals surface area contributed by atoms with Crippen molar-refractivity contribution in [2.24, 2.45) is 5.92 Å². The molecule has 0 radical (unpaired) electrons. The average Bonchev–Trinajstić information content (AvgIpc) is 3.97. The number of pyridine rings is 1. The molecule has 17 heteroatoms. The third-order valence-electron chi connectivity index (χ3n) is 12.3. The predicted molar refractivity (Wildman–Crippen MR) is 237 cm³/mol. The smallest absolute Gasteiger partial charge is 0.328 e. The van der Waals surface area contributed by atoms with Gasteiger partial charge in [-0.15, -0.1) is 0 Å². The molecule has 16 nitrogen and oxygen atoms in total. The number of rotatable bonds is 10. The topological polar surface area (TPSA) is 182 Å². The van der Waals surface area contributed by atoms with Crippen molar-refractivity contribution in [2.75, 3.05) is 67.1 Å². The van der Waals surface area contributed by atoms with Crippen molar-refractivity contribution >= 4 is 46.1 Å². The molecule has 0 spiro atoms. The molecule has 2 aromatic carbocycles. The number of halogens is 1. The molecule has 3 aliphatic rings. The molecule has 9 rings (SSSR count). The lowest BCUT2D eigenvalue weighted by Crippen LogP contribution is -2.49. The van der Waals surface area contributed by atoms with Crippen LogP contribution in [0.1, 0.15) is 75.1 Å². The molecule has 3 fully saturated rings. The highest BCUT2D eigenvalue weighted by atomic mass is 19.1. The highest BCUT2D eigenvalue weighted by molar-refractivity contribution is 6.05. The van der Waals surface area contributed by atoms with E-state index in [2.05, 4.69) is 74.7 Å². The molecule has 3 aliphatic heterocycles. The fourth-order valence-electron chi connectivity index (χ4n) is 8.59. The number of aromatic nitrogens is 6. The summed E-state index contributed by atoms with van der Waals surface area (Å²) >= 11 is 0. The van der Waals surface area contributed by atoms with Crippen LogP contribution in [0.2, 0.25) is 0 Å². The Balaban J connectivity index is 0.768. The van der Waals surface area contributed by atoms with Gasteiger partial charge >= 0.3 is 17.8 Å². The summed E-state index contributed by atoms with van der Waals surface area (Å²) in [5, 5.41) is 9.79. The molecular weight excluding hydrogens is 804 g/mol. The van der Waals surface area contributed by atoms with Gasteiger partial charge in [-0.1, -0.05) is 38.1 Å². The summed E-state index contributed by atoms with van der Waals surface area (Å²) in [5.41, 5.74) is 5.39. The Bertz CT molecular complexity index is 2620. The minimum absolute atomic E-state index is 0.172. The van der Waals surface area contributed by atoms with Gasteiger partial charge in [-0.05, 0) is 74.2 Å². The molecule has 0 bridgehead atoms. The van der Waals surface area contributed by atoms with E-state index in [1.807, 2.05) is 45.2 Å². The van der Waals surface area contributed by atoms with Crippen molar-refractivity contribution in [1.82, 2.24) is 45.6 Å². The van der Waals surface area contributed by atoms with Gasteiger partial charge in [0.25, 0.3) is 0 Å². The summed E-state index contributed by atoms with van der Waals surface area (Å²) in [5.74, 6) is 0.534. The van der Waals surface area contributed by atoms with E-state index in [4.69, 9.17) is 9.51 Å². The van der Waals surface area contributed by atoms with Gasteiger partial charge in [-0.3, -0.25) is 24.7 Å². The third-order valence-corrected chi connectivity index (χ3v) is 12.3. The maximum atomic E-state index is 15.6. The summed E-state index contributed by atoms with van der Waals surface area (Å²) in [4.78, 5) is 67.0. The largest absolute Gasteiger partial charge is 0.372 e. The second-order valence-corrected chi connectivity index (χ2v) is 17.7. The maximum Gasteiger partial charge on any atom is 0.328 e. The second kappa shape index (κ2) is 17.2. The van der Waals surface area contributed by atoms with Crippen molar-refractivity contribution in [3.8, 4) is 22.5 Å². The number of imide groups is 1. The number of piperidine rings is 1. The minimum Gasteiger partial charge on any atom is -0.372 e. The molecule has 0 saturated carbocycles. The highest BCUT2D eigenvalue weighted by Crippen LogP contribution is 2.33. The SMILES string of the molecule is CC(NC(=O)c1nc(C(C)(C)C)no1)c1ccc(-c2ncnc3[nH]c(-c4ccc(N5CCN(CC6CCN(c7ccc(N8CCC(=O)NC8=O)cc7)CC6)CC5)nc4)cc23)cc1F. The average molecular weight is 855 g/mol. The number of nitrogens with one attached hydrogen (secondary N) is 3. The van der Waals surface area contributed by atoms with E-state index in [1.165, 1.54) is 12.4 Å². The number of nitrogens with zero attached hydrogens (tertiary/aromatic N) is 9. The Morgan fingerprint density at radius 3 is 2.32 bits per heavy atom. The molecule has 3 saturated heterocycles. The lowest BCUT2D eigenvalue weighted by atomic mass is 9.95. The number of carbonyl (C=O) groups is 3. The normalized spacial score (nSPS) is 17.3. The maximum absolute atomic E-state index is 15.6. The van der Waals surface area contributed by atoms with Crippen molar-refractivity contribution in [3.63, 3.8) is 0 Å². The Morgan fingerprint density at radius 1 is 0.889 bits per heavy atom. The van der Waals surface area contributed by atoms with Crippen LogP contribution in [0, 0.1) is 11.7 Å². The molecule has 4 aromatic heterocycles. The van der Waals surface area contributed by atoms with Gasteiger partial charge < -0.3 is 24.6 Å². The Labute approximate surface area is 364 Å². The van der Waals surface area contributed by atoms with Crippen molar-refractivity contribution in [2.45, 2.75) is 58.4 Å². The van der Waals surface area contributed by atoms with E-state index in [-0.39, 0.29) is 23.2 Å². The zero-order valence-electron chi connectivity index (χ0n) is 35.9. The van der Waals surface area contributed by atoms with Gasteiger partial charge in [0.05, 0.1) is 11.7 Å². The van der Waals surface area contributed by atoms with Gasteiger partial charge in [0.2, 0.25) is 5.91 Å². The molecule has 326 valence electrons. The Hall–Kier alpha value is -6.75. The van der Waals surface area contributed by atoms with Gasteiger partial charge in [-0.2, -0.15) is 4.98 Å². The van der Waals surface area contributed by atoms with Gasteiger partial charge in [0, 0.05) is 110 Å². The van der Waals surface area contributed by atoms with Crippen LogP contribution in [0.4, 0.5) is 26.4 Å². The van der Waals surface area contributed by atoms with Crippen LogP contribution in [0.25, 0.3) is 33.5 Å². The first-order chi connectivity index (χ1) is 30.4. The van der Waals surface area contributed by atoms with Crippen LogP contribution in [-0.4, -0.2) is 105 Å². The van der Waals surface area contributed by atoms with Crippen molar-refractivity contribution in [1.29, 1.82) is 0 Å². The number of amides is 4. The van der Waals surface area contributed by atoms with Crippen molar-refractivity contribution in [3.05, 3.63) is 96.3 Å². The number of fused-ring (bicyclic) bond motifs is 1. The van der Waals surface area contributed by atoms with Gasteiger partial charge in [0.15, 0.2) is 5.82 Å². The summed E-state index contributed by atoms with van der Waals surface area (Å²) in [6, 6.07) is 18.0. The van der Waals surface area contributed by atoms with Crippen LogP contribution in [0.15, 0.2) is 77.7 Å². The van der Waals surface area contributed by atoms with Crippen LogP contribution >= 0.6 is 0 Å². The molecule has 0 aliphatic carbocycles. The van der Waals surface area contributed by atoms with E-state index < -0.39 is 17.8 Å². The first-order valence-corrected chi connectivity index (χ1v) is 21.5. The minimum atomic E-state index is -0.665. The summed E-state index contributed by atoms with van der Waals surface area (Å²) in [6.07, 6.45) is 5.91. The zero-order chi connectivity index (χ0) is 43.8. The second-order valence-electron chi connectivity index (χ2n) is 17.7. The molecular formula is C46H51FN12O4. The van der Waals surface area contributed by atoms with E-state index in [9.17, 15) is 14.4 Å². The highest BCUT2D eigenvalue weighted by Gasteiger charge is 2.28. The van der Waals surface area contributed by atoms with Gasteiger partial charge in [-0.25, -0.2) is 24.1 Å². The van der Waals surface area contributed by atoms with Crippen molar-refractivity contribution < 1.29 is 23.3 Å². The number of anilines is 3. The molecule has 1 unspecified atom stereocenters. The van der Waals surface area contributed by atoms with Crippen LogP contribution in [0.5, 0.6) is 0 Å². The summed E-state index contributed by atoms with van der Waals surface area (Å²) < 4.78 is 20.8. The van der Waals surface area contributed by atoms with Gasteiger partial charge in [0.1, 0.15) is 23.6 Å². The van der Waals surface area contributed by atoms with Crippen LogP contribution < -0.4 is 25.3 Å². The zero-order valence-corrected chi connectivity index (χ0v) is 35.9. The summed E-state index contributed by atoms with van der Waals surface area (Å²) in [6.45, 7) is 14.7. The lowest BCUT2D eigenvalue weighted by molar-refractivity contribution is -0.120. The van der Waals surface area contributed by atoms with E-state index in [0.29, 0.717) is 47.2 Å². The Morgan fingerprint density at radius 2 is 1.63 bits per heavy atom. The number of hydrogen-bond acceptors (Lipinski definition) is 12. The number of H-pyrrole nitrogens is 1. The lowest BCUT2D eigenvalue weighted by Gasteiger charge is -2.39. The molecule has 6 aromatic rings. The molecule has 1 atom stereocenters. The first kappa shape index (κ1) is 41.6. The van der Waals surface area contributed by atoms with E-state index >= 15 is 4.39 Å². The molecule has 63 heavy (non-hydrogen) atoms. The molecule has 3 N–H and O–H groups in total.